The molecular weight excluding hydrogens is 439 g/mol. The van der Waals surface area contributed by atoms with Gasteiger partial charge in [0.1, 0.15) is 5.75 Å². The Kier molecular flexibility index (Phi) is 5.20. The van der Waals surface area contributed by atoms with Gasteiger partial charge >= 0.3 is 0 Å². The molecule has 0 radical (unpaired) electrons. The molecule has 0 unspecified atom stereocenters. The van der Waals surface area contributed by atoms with Crippen LogP contribution in [0.1, 0.15) is 5.56 Å². The zero-order valence-electron chi connectivity index (χ0n) is 15.0. The lowest BCUT2D eigenvalue weighted by Crippen LogP contribution is -2.37. The molecule has 2 saturated heterocycles. The fraction of sp³-hybridized carbons (Fsp3) is 0.316. The first-order valence-electron chi connectivity index (χ1n) is 8.68. The molecule has 2 fully saturated rings. The molecule has 2 aromatic carbocycles. The average molecular weight is 457 g/mol. The molecule has 9 heteroatoms. The van der Waals surface area contributed by atoms with Crippen molar-refractivity contribution < 1.29 is 13.2 Å². The van der Waals surface area contributed by atoms with Crippen LogP contribution in [0.4, 0.5) is 5.69 Å². The summed E-state index contributed by atoms with van der Waals surface area (Å²) in [6.45, 7) is 0.456. The Morgan fingerprint density at radius 2 is 1.82 bits per heavy atom. The minimum absolute atomic E-state index is 0.0632. The van der Waals surface area contributed by atoms with E-state index in [-0.39, 0.29) is 23.6 Å². The SMILES string of the molecule is COc1ccccc1N1C(=S)N(Cc2ccc(Cl)c(Cl)c2)[C@@H]2CS(=O)(=O)C[C@@H]21. The number of rotatable bonds is 4. The van der Waals surface area contributed by atoms with Crippen molar-refractivity contribution in [3.8, 4) is 5.75 Å². The first-order valence-corrected chi connectivity index (χ1v) is 11.7. The van der Waals surface area contributed by atoms with Crippen LogP contribution in [0.3, 0.4) is 0 Å². The molecule has 148 valence electrons. The monoisotopic (exact) mass is 456 g/mol. The highest BCUT2D eigenvalue weighted by molar-refractivity contribution is 7.91. The van der Waals surface area contributed by atoms with Crippen molar-refractivity contribution in [2.75, 3.05) is 23.5 Å². The van der Waals surface area contributed by atoms with E-state index in [4.69, 9.17) is 40.2 Å². The van der Waals surface area contributed by atoms with Gasteiger partial charge in [0, 0.05) is 6.54 Å². The highest BCUT2D eigenvalue weighted by atomic mass is 35.5. The van der Waals surface area contributed by atoms with Gasteiger partial charge in [-0.15, -0.1) is 0 Å². The number of benzene rings is 2. The van der Waals surface area contributed by atoms with Crippen molar-refractivity contribution in [2.45, 2.75) is 18.6 Å². The van der Waals surface area contributed by atoms with Crippen molar-refractivity contribution >= 4 is 56.1 Å². The van der Waals surface area contributed by atoms with E-state index < -0.39 is 9.84 Å². The first kappa shape index (κ1) is 19.8. The van der Waals surface area contributed by atoms with Gasteiger partial charge in [-0.2, -0.15) is 0 Å². The Morgan fingerprint density at radius 3 is 2.54 bits per heavy atom. The lowest BCUT2D eigenvalue weighted by atomic mass is 10.1. The standard InChI is InChI=1S/C19H18Cl2N2O3S2/c1-26-18-5-3-2-4-15(18)23-17-11-28(24,25)10-16(17)22(19(23)27)9-12-6-7-13(20)14(21)8-12/h2-8,16-17H,9-11H2,1H3/t16-,17+/m1/s1. The lowest BCUT2D eigenvalue weighted by molar-refractivity contribution is 0.350. The van der Waals surface area contributed by atoms with E-state index >= 15 is 0 Å². The van der Waals surface area contributed by atoms with Gasteiger partial charge in [0.2, 0.25) is 0 Å². The number of anilines is 1. The quantitative estimate of drug-likeness (QED) is 0.652. The number of ether oxygens (including phenoxy) is 1. The van der Waals surface area contributed by atoms with Gasteiger partial charge in [0.05, 0.1) is 46.4 Å². The first-order chi connectivity index (χ1) is 13.3. The number of halogens is 2. The molecule has 0 saturated carbocycles. The third kappa shape index (κ3) is 3.45. The summed E-state index contributed by atoms with van der Waals surface area (Å²) in [5, 5.41) is 1.52. The van der Waals surface area contributed by atoms with Crippen LogP contribution < -0.4 is 9.64 Å². The van der Waals surface area contributed by atoms with E-state index in [9.17, 15) is 8.42 Å². The molecule has 0 bridgehead atoms. The summed E-state index contributed by atoms with van der Waals surface area (Å²) in [4.78, 5) is 3.89. The van der Waals surface area contributed by atoms with Crippen LogP contribution in [-0.2, 0) is 16.4 Å². The van der Waals surface area contributed by atoms with E-state index in [1.807, 2.05) is 40.1 Å². The second-order valence-corrected chi connectivity index (χ2v) is 10.2. The molecule has 0 amide bonds. The van der Waals surface area contributed by atoms with E-state index in [0.29, 0.717) is 27.5 Å². The second-order valence-electron chi connectivity index (χ2n) is 6.91. The maximum absolute atomic E-state index is 12.4. The average Bonchev–Trinajstić information content (AvgIpc) is 3.09. The summed E-state index contributed by atoms with van der Waals surface area (Å²) in [6, 6.07) is 12.4. The number of hydrogen-bond acceptors (Lipinski definition) is 4. The molecule has 5 nitrogen and oxygen atoms in total. The maximum atomic E-state index is 12.4. The number of nitrogens with zero attached hydrogens (tertiary/aromatic N) is 2. The van der Waals surface area contributed by atoms with Crippen LogP contribution in [0.15, 0.2) is 42.5 Å². The van der Waals surface area contributed by atoms with Crippen molar-refractivity contribution in [1.29, 1.82) is 0 Å². The largest absolute Gasteiger partial charge is 0.495 e. The van der Waals surface area contributed by atoms with Crippen LogP contribution in [0.5, 0.6) is 5.75 Å². The highest BCUT2D eigenvalue weighted by Gasteiger charge is 2.52. The fourth-order valence-electron chi connectivity index (χ4n) is 3.91. The summed E-state index contributed by atoms with van der Waals surface area (Å²) in [5.41, 5.74) is 1.69. The van der Waals surface area contributed by atoms with E-state index in [2.05, 4.69) is 0 Å². The van der Waals surface area contributed by atoms with Gasteiger partial charge in [0.25, 0.3) is 0 Å². The van der Waals surface area contributed by atoms with Gasteiger partial charge in [-0.05, 0) is 42.0 Å². The molecule has 0 N–H and O–H groups in total. The summed E-state index contributed by atoms with van der Waals surface area (Å²) in [6.07, 6.45) is 0. The Balaban J connectivity index is 1.73. The predicted molar refractivity (Wildman–Crippen MR) is 116 cm³/mol. The molecule has 4 rings (SSSR count). The molecule has 2 atom stereocenters. The number of thiocarbonyl (C=S) groups is 1. The molecule has 2 heterocycles. The number of fused-ring (bicyclic) bond motifs is 1. The Morgan fingerprint density at radius 1 is 1.11 bits per heavy atom. The van der Waals surface area contributed by atoms with Gasteiger partial charge in [-0.25, -0.2) is 8.42 Å². The molecule has 0 aromatic heterocycles. The van der Waals surface area contributed by atoms with Gasteiger partial charge in [-0.3, -0.25) is 0 Å². The Hall–Kier alpha value is -1.54. The summed E-state index contributed by atoms with van der Waals surface area (Å²) in [5.74, 6) is 0.794. The van der Waals surface area contributed by atoms with Crippen LogP contribution in [0.25, 0.3) is 0 Å². The zero-order chi connectivity index (χ0) is 20.1. The van der Waals surface area contributed by atoms with Crippen molar-refractivity contribution in [2.24, 2.45) is 0 Å². The van der Waals surface area contributed by atoms with Crippen LogP contribution in [0.2, 0.25) is 10.0 Å². The minimum Gasteiger partial charge on any atom is -0.495 e. The summed E-state index contributed by atoms with van der Waals surface area (Å²) < 4.78 is 30.3. The summed E-state index contributed by atoms with van der Waals surface area (Å²) >= 11 is 17.9. The number of para-hydroxylation sites is 2. The Bertz CT molecular complexity index is 1050. The van der Waals surface area contributed by atoms with E-state index in [1.165, 1.54) is 0 Å². The number of methoxy groups -OCH3 is 1. The maximum Gasteiger partial charge on any atom is 0.177 e. The smallest absolute Gasteiger partial charge is 0.177 e. The molecule has 2 aliphatic heterocycles. The van der Waals surface area contributed by atoms with E-state index in [1.54, 1.807) is 19.2 Å². The van der Waals surface area contributed by atoms with Gasteiger partial charge < -0.3 is 14.5 Å². The predicted octanol–water partition coefficient (Wildman–Crippen LogP) is 3.77. The molecule has 0 aliphatic carbocycles. The molecule has 2 aliphatic rings. The van der Waals surface area contributed by atoms with Crippen LogP contribution >= 0.6 is 35.4 Å². The van der Waals surface area contributed by atoms with Gasteiger partial charge in [-0.1, -0.05) is 41.4 Å². The van der Waals surface area contributed by atoms with Crippen molar-refractivity contribution in [3.63, 3.8) is 0 Å². The zero-order valence-corrected chi connectivity index (χ0v) is 18.2. The number of hydrogen-bond donors (Lipinski definition) is 0. The summed E-state index contributed by atoms with van der Waals surface area (Å²) in [7, 11) is -1.57. The highest BCUT2D eigenvalue weighted by Crippen LogP contribution is 2.40. The second kappa shape index (κ2) is 7.37. The third-order valence-electron chi connectivity index (χ3n) is 5.16. The normalized spacial score (nSPS) is 23.2. The van der Waals surface area contributed by atoms with Gasteiger partial charge in [0.15, 0.2) is 14.9 Å². The minimum atomic E-state index is -3.16. The Labute approximate surface area is 179 Å². The lowest BCUT2D eigenvalue weighted by Gasteiger charge is -2.27. The number of sulfone groups is 1. The fourth-order valence-corrected chi connectivity index (χ4v) is 6.61. The van der Waals surface area contributed by atoms with E-state index in [0.717, 1.165) is 11.3 Å². The molecule has 28 heavy (non-hydrogen) atoms. The third-order valence-corrected chi connectivity index (χ3v) is 8.03. The topological polar surface area (TPSA) is 49.9 Å². The van der Waals surface area contributed by atoms with Crippen LogP contribution in [-0.4, -0.2) is 49.1 Å². The molecule has 2 aromatic rings. The molecular formula is C19H18Cl2N2O3S2. The van der Waals surface area contributed by atoms with Crippen molar-refractivity contribution in [1.82, 2.24) is 4.90 Å². The molecule has 0 spiro atoms. The van der Waals surface area contributed by atoms with Crippen LogP contribution in [0, 0.1) is 0 Å². The van der Waals surface area contributed by atoms with Crippen molar-refractivity contribution in [3.05, 3.63) is 58.1 Å².